The van der Waals surface area contributed by atoms with E-state index in [-0.39, 0.29) is 0 Å². The quantitative estimate of drug-likeness (QED) is 0.735. The van der Waals surface area contributed by atoms with Crippen molar-refractivity contribution in [3.05, 3.63) is 24.3 Å². The van der Waals surface area contributed by atoms with Gasteiger partial charge in [-0.15, -0.1) is 0 Å². The van der Waals surface area contributed by atoms with Crippen LogP contribution < -0.4 is 10.5 Å². The average Bonchev–Trinajstić information content (AvgIpc) is 2.84. The maximum Gasteiger partial charge on any atom is 0.119 e. The third-order valence-corrected chi connectivity index (χ3v) is 3.84. The van der Waals surface area contributed by atoms with E-state index in [1.165, 1.54) is 12.8 Å². The number of rotatable bonds is 7. The Balaban J connectivity index is 1.75. The van der Waals surface area contributed by atoms with Crippen LogP contribution in [0.5, 0.6) is 5.75 Å². The molecule has 1 fully saturated rings. The Morgan fingerprint density at radius 1 is 1.38 bits per heavy atom. The first-order valence-electron chi connectivity index (χ1n) is 7.60. The number of hydrogen-bond acceptors (Lipinski definition) is 5. The Bertz CT molecular complexity index is 422. The first-order chi connectivity index (χ1) is 10.0. The highest BCUT2D eigenvalue weighted by Crippen LogP contribution is 2.18. The second-order valence-corrected chi connectivity index (χ2v) is 6.09. The van der Waals surface area contributed by atoms with Crippen molar-refractivity contribution in [3.63, 3.8) is 0 Å². The number of likely N-dealkylation sites (tertiary alicyclic amines) is 1. The molecule has 2 unspecified atom stereocenters. The molecule has 1 aromatic rings. The van der Waals surface area contributed by atoms with E-state index in [4.69, 9.17) is 10.5 Å². The zero-order valence-electron chi connectivity index (χ0n) is 13.0. The molecular weight excluding hydrogens is 266 g/mol. The Kier molecular flexibility index (Phi) is 5.85. The predicted octanol–water partition coefficient (Wildman–Crippen LogP) is 1.03. The van der Waals surface area contributed by atoms with Crippen molar-refractivity contribution in [2.45, 2.75) is 25.0 Å². The van der Waals surface area contributed by atoms with Gasteiger partial charge in [-0.1, -0.05) is 0 Å². The van der Waals surface area contributed by atoms with Crippen molar-refractivity contribution in [2.24, 2.45) is 0 Å². The molecule has 1 aromatic carbocycles. The van der Waals surface area contributed by atoms with Gasteiger partial charge in [-0.25, -0.2) is 0 Å². The molecule has 3 N–H and O–H groups in total. The second-order valence-electron chi connectivity index (χ2n) is 6.09. The lowest BCUT2D eigenvalue weighted by Crippen LogP contribution is -2.42. The van der Waals surface area contributed by atoms with Crippen LogP contribution in [0.2, 0.25) is 0 Å². The molecule has 0 aliphatic carbocycles. The number of nitrogens with zero attached hydrogens (tertiary/aromatic N) is 2. The molecule has 0 bridgehead atoms. The van der Waals surface area contributed by atoms with Crippen molar-refractivity contribution in [1.29, 1.82) is 0 Å². The monoisotopic (exact) mass is 293 g/mol. The molecule has 0 aromatic heterocycles. The van der Waals surface area contributed by atoms with Gasteiger partial charge in [0, 0.05) is 24.8 Å². The van der Waals surface area contributed by atoms with Crippen LogP contribution >= 0.6 is 0 Å². The lowest BCUT2D eigenvalue weighted by Gasteiger charge is -2.28. The first kappa shape index (κ1) is 16.1. The lowest BCUT2D eigenvalue weighted by atomic mass is 10.2. The van der Waals surface area contributed by atoms with Crippen LogP contribution in [0.25, 0.3) is 0 Å². The Hall–Kier alpha value is -1.30. The number of aliphatic hydroxyl groups is 1. The maximum absolute atomic E-state index is 10.2. The summed E-state index contributed by atoms with van der Waals surface area (Å²) in [4.78, 5) is 4.58. The Morgan fingerprint density at radius 2 is 2.10 bits per heavy atom. The summed E-state index contributed by atoms with van der Waals surface area (Å²) in [6.45, 7) is 3.10. The Morgan fingerprint density at radius 3 is 2.76 bits per heavy atom. The highest BCUT2D eigenvalue weighted by molar-refractivity contribution is 5.41. The molecule has 5 heteroatoms. The zero-order chi connectivity index (χ0) is 15.2. The van der Waals surface area contributed by atoms with Crippen molar-refractivity contribution in [3.8, 4) is 5.75 Å². The van der Waals surface area contributed by atoms with Crippen molar-refractivity contribution >= 4 is 5.69 Å². The molecule has 5 nitrogen and oxygen atoms in total. The summed E-state index contributed by atoms with van der Waals surface area (Å²) in [5.41, 5.74) is 6.35. The number of hydrogen-bond donors (Lipinski definition) is 2. The summed E-state index contributed by atoms with van der Waals surface area (Å²) in [5, 5.41) is 10.2. The highest BCUT2D eigenvalue weighted by Gasteiger charge is 2.26. The number of anilines is 1. The fourth-order valence-electron chi connectivity index (χ4n) is 2.84. The van der Waals surface area contributed by atoms with Crippen LogP contribution in [0.1, 0.15) is 12.8 Å². The van der Waals surface area contributed by atoms with Gasteiger partial charge in [0.2, 0.25) is 0 Å². The number of ether oxygens (including phenoxy) is 1. The number of nitrogens with two attached hydrogens (primary N) is 1. The van der Waals surface area contributed by atoms with E-state index >= 15 is 0 Å². The standard InChI is InChI=1S/C16H27N3O2/c1-18(2)10-14-4-3-9-19(14)11-15(20)12-21-16-7-5-13(17)6-8-16/h5-8,14-15,20H,3-4,9-12,17H2,1-2H3. The molecule has 0 amide bonds. The summed E-state index contributed by atoms with van der Waals surface area (Å²) in [6, 6.07) is 7.80. The third-order valence-electron chi connectivity index (χ3n) is 3.84. The molecule has 0 spiro atoms. The molecule has 0 radical (unpaired) electrons. The van der Waals surface area contributed by atoms with Gasteiger partial charge >= 0.3 is 0 Å². The van der Waals surface area contributed by atoms with Crippen LogP contribution in [0.4, 0.5) is 5.69 Å². The smallest absolute Gasteiger partial charge is 0.119 e. The molecule has 1 heterocycles. The number of likely N-dealkylation sites (N-methyl/N-ethyl adjacent to an activating group) is 1. The summed E-state index contributed by atoms with van der Waals surface area (Å²) < 4.78 is 5.61. The number of nitrogen functional groups attached to an aromatic ring is 1. The van der Waals surface area contributed by atoms with E-state index in [1.807, 2.05) is 12.1 Å². The van der Waals surface area contributed by atoms with E-state index in [0.717, 1.165) is 18.8 Å². The summed E-state index contributed by atoms with van der Waals surface area (Å²) in [7, 11) is 4.19. The van der Waals surface area contributed by atoms with Gasteiger partial charge < -0.3 is 20.5 Å². The molecule has 2 atom stereocenters. The molecule has 0 saturated carbocycles. The molecule has 1 aliphatic rings. The van der Waals surface area contributed by atoms with Gasteiger partial charge in [0.05, 0.1) is 0 Å². The fourth-order valence-corrected chi connectivity index (χ4v) is 2.84. The van der Waals surface area contributed by atoms with E-state index in [0.29, 0.717) is 24.9 Å². The van der Waals surface area contributed by atoms with Gasteiger partial charge in [-0.3, -0.25) is 4.90 Å². The van der Waals surface area contributed by atoms with Gasteiger partial charge in [0.15, 0.2) is 0 Å². The molecule has 1 aliphatic heterocycles. The van der Waals surface area contributed by atoms with Gasteiger partial charge in [-0.05, 0) is 57.7 Å². The van der Waals surface area contributed by atoms with E-state index in [1.54, 1.807) is 12.1 Å². The molecule has 1 saturated heterocycles. The average molecular weight is 293 g/mol. The lowest BCUT2D eigenvalue weighted by molar-refractivity contribution is 0.0600. The normalized spacial score (nSPS) is 20.9. The highest BCUT2D eigenvalue weighted by atomic mass is 16.5. The van der Waals surface area contributed by atoms with Crippen LogP contribution in [0, 0.1) is 0 Å². The molecular formula is C16H27N3O2. The topological polar surface area (TPSA) is 62.0 Å². The number of aliphatic hydroxyl groups excluding tert-OH is 1. The van der Waals surface area contributed by atoms with Crippen LogP contribution in [-0.4, -0.2) is 67.4 Å². The minimum absolute atomic E-state index is 0.315. The molecule has 2 rings (SSSR count). The Labute approximate surface area is 127 Å². The van der Waals surface area contributed by atoms with Crippen LogP contribution in [0.3, 0.4) is 0 Å². The van der Waals surface area contributed by atoms with E-state index < -0.39 is 6.10 Å². The van der Waals surface area contributed by atoms with Gasteiger partial charge in [0.25, 0.3) is 0 Å². The molecule has 21 heavy (non-hydrogen) atoms. The van der Waals surface area contributed by atoms with Gasteiger partial charge in [0.1, 0.15) is 18.5 Å². The summed E-state index contributed by atoms with van der Waals surface area (Å²) in [5.74, 6) is 0.745. The van der Waals surface area contributed by atoms with Crippen LogP contribution in [0.15, 0.2) is 24.3 Å². The minimum Gasteiger partial charge on any atom is -0.491 e. The molecule has 118 valence electrons. The first-order valence-corrected chi connectivity index (χ1v) is 7.60. The van der Waals surface area contributed by atoms with Crippen LogP contribution in [-0.2, 0) is 0 Å². The van der Waals surface area contributed by atoms with Crippen molar-refractivity contribution in [1.82, 2.24) is 9.80 Å². The predicted molar refractivity (Wildman–Crippen MR) is 85.5 cm³/mol. The zero-order valence-corrected chi connectivity index (χ0v) is 13.0. The summed E-state index contributed by atoms with van der Waals surface area (Å²) >= 11 is 0. The third kappa shape index (κ3) is 5.19. The van der Waals surface area contributed by atoms with E-state index in [2.05, 4.69) is 23.9 Å². The largest absolute Gasteiger partial charge is 0.491 e. The van der Waals surface area contributed by atoms with Crippen molar-refractivity contribution in [2.75, 3.05) is 46.1 Å². The SMILES string of the molecule is CN(C)CC1CCCN1CC(O)COc1ccc(N)cc1. The summed E-state index contributed by atoms with van der Waals surface area (Å²) in [6.07, 6.45) is 1.96. The second kappa shape index (κ2) is 7.64. The minimum atomic E-state index is -0.467. The maximum atomic E-state index is 10.2. The van der Waals surface area contributed by atoms with Crippen molar-refractivity contribution < 1.29 is 9.84 Å². The number of benzene rings is 1. The van der Waals surface area contributed by atoms with E-state index in [9.17, 15) is 5.11 Å². The fraction of sp³-hybridized carbons (Fsp3) is 0.625. The number of β-amino-alcohol motifs (C(OH)–C–C–N with tert-alkyl or cyclic N) is 1. The van der Waals surface area contributed by atoms with Gasteiger partial charge in [-0.2, -0.15) is 0 Å².